The molecule has 0 heterocycles. The monoisotopic (exact) mass is 328 g/mol. The van der Waals surface area contributed by atoms with Gasteiger partial charge in [-0.2, -0.15) is 0 Å². The number of ether oxygens (including phenoxy) is 2. The third-order valence-electron chi connectivity index (χ3n) is 3.42. The Morgan fingerprint density at radius 1 is 1.04 bits per heavy atom. The van der Waals surface area contributed by atoms with Crippen molar-refractivity contribution in [2.45, 2.75) is 20.1 Å². The molecule has 5 heteroatoms. The maximum atomic E-state index is 12.0. The lowest BCUT2D eigenvalue weighted by molar-refractivity contribution is 0.0617. The molecule has 2 rings (SSSR count). The number of rotatable bonds is 8. The van der Waals surface area contributed by atoms with Gasteiger partial charge in [0.2, 0.25) is 0 Å². The molecular formula is C19H24N2O3. The van der Waals surface area contributed by atoms with Crippen LogP contribution in [-0.4, -0.2) is 26.4 Å². The number of urea groups is 1. The molecule has 0 aromatic heterocycles. The van der Waals surface area contributed by atoms with E-state index in [1.54, 1.807) is 7.11 Å². The second-order valence-electron chi connectivity index (χ2n) is 5.54. The number of carbonyl (C=O) groups excluding carboxylic acids is 1. The van der Waals surface area contributed by atoms with Crippen molar-refractivity contribution in [1.82, 2.24) is 5.32 Å². The van der Waals surface area contributed by atoms with Crippen LogP contribution in [0.25, 0.3) is 0 Å². The standard InChI is InChI=1S/C19H24N2O3/c1-15-5-3-6-16(11-15)13-20-19(22)21-18-8-4-7-17(12-18)14-24-10-9-23-2/h3-8,11-12H,9-10,13-14H2,1-2H3,(H2,20,21,22). The summed E-state index contributed by atoms with van der Waals surface area (Å²) >= 11 is 0. The van der Waals surface area contributed by atoms with Crippen molar-refractivity contribution in [3.05, 3.63) is 65.2 Å². The number of anilines is 1. The first kappa shape index (κ1) is 18.0. The van der Waals surface area contributed by atoms with Crippen molar-refractivity contribution in [3.8, 4) is 0 Å². The van der Waals surface area contributed by atoms with Crippen molar-refractivity contribution >= 4 is 11.7 Å². The maximum absolute atomic E-state index is 12.0. The second-order valence-corrected chi connectivity index (χ2v) is 5.54. The predicted molar refractivity (Wildman–Crippen MR) is 95.0 cm³/mol. The molecule has 0 fully saturated rings. The average Bonchev–Trinajstić information content (AvgIpc) is 2.57. The van der Waals surface area contributed by atoms with E-state index in [1.165, 1.54) is 5.56 Å². The first-order valence-electron chi connectivity index (χ1n) is 7.93. The Labute approximate surface area is 143 Å². The maximum Gasteiger partial charge on any atom is 0.319 e. The summed E-state index contributed by atoms with van der Waals surface area (Å²) in [6, 6.07) is 15.4. The smallest absolute Gasteiger partial charge is 0.319 e. The molecule has 5 nitrogen and oxygen atoms in total. The number of carbonyl (C=O) groups is 1. The highest BCUT2D eigenvalue weighted by atomic mass is 16.5. The van der Waals surface area contributed by atoms with Crippen LogP contribution < -0.4 is 10.6 Å². The van der Waals surface area contributed by atoms with Crippen LogP contribution in [0, 0.1) is 6.92 Å². The summed E-state index contributed by atoms with van der Waals surface area (Å²) in [6.07, 6.45) is 0. The molecule has 24 heavy (non-hydrogen) atoms. The number of aryl methyl sites for hydroxylation is 1. The Morgan fingerprint density at radius 2 is 1.83 bits per heavy atom. The van der Waals surface area contributed by atoms with Gasteiger partial charge in [0.25, 0.3) is 0 Å². The first-order valence-corrected chi connectivity index (χ1v) is 7.93. The molecule has 0 spiro atoms. The fraction of sp³-hybridized carbons (Fsp3) is 0.316. The van der Waals surface area contributed by atoms with Gasteiger partial charge in [0.05, 0.1) is 19.8 Å². The fourth-order valence-corrected chi connectivity index (χ4v) is 2.25. The highest BCUT2D eigenvalue weighted by molar-refractivity contribution is 5.89. The number of methoxy groups -OCH3 is 1. The summed E-state index contributed by atoms with van der Waals surface area (Å²) in [6.45, 7) is 4.13. The predicted octanol–water partition coefficient (Wildman–Crippen LogP) is 3.48. The Kier molecular flexibility index (Phi) is 7.26. The van der Waals surface area contributed by atoms with E-state index >= 15 is 0 Å². The van der Waals surface area contributed by atoms with Gasteiger partial charge in [0.15, 0.2) is 0 Å². The van der Waals surface area contributed by atoms with Crippen LogP contribution in [-0.2, 0) is 22.6 Å². The van der Waals surface area contributed by atoms with E-state index in [0.29, 0.717) is 26.4 Å². The number of benzene rings is 2. The molecule has 0 aliphatic rings. The highest BCUT2D eigenvalue weighted by Crippen LogP contribution is 2.11. The summed E-state index contributed by atoms with van der Waals surface area (Å²) in [5.74, 6) is 0. The molecule has 2 N–H and O–H groups in total. The zero-order valence-electron chi connectivity index (χ0n) is 14.2. The SMILES string of the molecule is COCCOCc1cccc(NC(=O)NCc2cccc(C)c2)c1. The lowest BCUT2D eigenvalue weighted by Gasteiger charge is -2.10. The van der Waals surface area contributed by atoms with E-state index in [9.17, 15) is 4.79 Å². The zero-order valence-corrected chi connectivity index (χ0v) is 14.2. The van der Waals surface area contributed by atoms with Crippen molar-refractivity contribution in [3.63, 3.8) is 0 Å². The number of nitrogens with one attached hydrogen (secondary N) is 2. The van der Waals surface area contributed by atoms with Gasteiger partial charge in [0, 0.05) is 19.3 Å². The quantitative estimate of drug-likeness (QED) is 0.729. The van der Waals surface area contributed by atoms with E-state index in [-0.39, 0.29) is 6.03 Å². The molecule has 2 aromatic rings. The molecule has 2 aromatic carbocycles. The van der Waals surface area contributed by atoms with E-state index in [0.717, 1.165) is 16.8 Å². The van der Waals surface area contributed by atoms with Gasteiger partial charge in [0.1, 0.15) is 0 Å². The van der Waals surface area contributed by atoms with Crippen molar-refractivity contribution in [1.29, 1.82) is 0 Å². The van der Waals surface area contributed by atoms with E-state index in [1.807, 2.05) is 49.4 Å². The summed E-state index contributed by atoms with van der Waals surface area (Å²) in [5.41, 5.74) is 3.99. The van der Waals surface area contributed by atoms with Gasteiger partial charge >= 0.3 is 6.03 Å². The summed E-state index contributed by atoms with van der Waals surface area (Å²) in [4.78, 5) is 12.0. The van der Waals surface area contributed by atoms with Crippen molar-refractivity contribution < 1.29 is 14.3 Å². The fourth-order valence-electron chi connectivity index (χ4n) is 2.25. The zero-order chi connectivity index (χ0) is 17.2. The Morgan fingerprint density at radius 3 is 2.62 bits per heavy atom. The highest BCUT2D eigenvalue weighted by Gasteiger charge is 2.03. The molecule has 0 aliphatic carbocycles. The minimum Gasteiger partial charge on any atom is -0.382 e. The minimum atomic E-state index is -0.228. The van der Waals surface area contributed by atoms with Crippen LogP contribution in [0.3, 0.4) is 0 Å². The lowest BCUT2D eigenvalue weighted by Crippen LogP contribution is -2.28. The Bertz CT molecular complexity index is 659. The van der Waals surface area contributed by atoms with Gasteiger partial charge in [-0.05, 0) is 30.2 Å². The van der Waals surface area contributed by atoms with E-state index in [2.05, 4.69) is 16.7 Å². The molecule has 0 saturated carbocycles. The van der Waals surface area contributed by atoms with E-state index in [4.69, 9.17) is 9.47 Å². The van der Waals surface area contributed by atoms with Gasteiger partial charge in [-0.25, -0.2) is 4.79 Å². The van der Waals surface area contributed by atoms with Crippen molar-refractivity contribution in [2.75, 3.05) is 25.6 Å². The van der Waals surface area contributed by atoms with Crippen LogP contribution in [0.5, 0.6) is 0 Å². The Balaban J connectivity index is 1.80. The van der Waals surface area contributed by atoms with Crippen LogP contribution in [0.1, 0.15) is 16.7 Å². The molecule has 0 aliphatic heterocycles. The van der Waals surface area contributed by atoms with Gasteiger partial charge in [-0.1, -0.05) is 42.0 Å². The molecule has 2 amide bonds. The Hall–Kier alpha value is -2.37. The molecule has 128 valence electrons. The molecule has 0 radical (unpaired) electrons. The molecular weight excluding hydrogens is 304 g/mol. The molecule has 0 bridgehead atoms. The second kappa shape index (κ2) is 9.70. The third-order valence-corrected chi connectivity index (χ3v) is 3.42. The van der Waals surface area contributed by atoms with Crippen LogP contribution in [0.4, 0.5) is 10.5 Å². The third kappa shape index (κ3) is 6.40. The molecule has 0 unspecified atom stereocenters. The van der Waals surface area contributed by atoms with Crippen LogP contribution >= 0.6 is 0 Å². The minimum absolute atomic E-state index is 0.228. The summed E-state index contributed by atoms with van der Waals surface area (Å²) in [5, 5.41) is 5.69. The number of hydrogen-bond donors (Lipinski definition) is 2. The molecule has 0 saturated heterocycles. The molecule has 0 atom stereocenters. The van der Waals surface area contributed by atoms with Gasteiger partial charge in [-0.15, -0.1) is 0 Å². The summed E-state index contributed by atoms with van der Waals surface area (Å²) < 4.78 is 10.4. The topological polar surface area (TPSA) is 59.6 Å². The number of amides is 2. The number of hydrogen-bond acceptors (Lipinski definition) is 3. The first-order chi connectivity index (χ1) is 11.7. The van der Waals surface area contributed by atoms with Crippen LogP contribution in [0.2, 0.25) is 0 Å². The van der Waals surface area contributed by atoms with Crippen molar-refractivity contribution in [2.24, 2.45) is 0 Å². The van der Waals surface area contributed by atoms with Gasteiger partial charge in [-0.3, -0.25) is 0 Å². The summed E-state index contributed by atoms with van der Waals surface area (Å²) in [7, 11) is 1.64. The van der Waals surface area contributed by atoms with Crippen LogP contribution in [0.15, 0.2) is 48.5 Å². The normalized spacial score (nSPS) is 10.4. The van der Waals surface area contributed by atoms with Gasteiger partial charge < -0.3 is 20.1 Å². The van der Waals surface area contributed by atoms with E-state index < -0.39 is 0 Å². The largest absolute Gasteiger partial charge is 0.382 e. The average molecular weight is 328 g/mol. The lowest BCUT2D eigenvalue weighted by atomic mass is 10.1.